The summed E-state index contributed by atoms with van der Waals surface area (Å²) in [6.45, 7) is 1.55. The second-order valence-corrected chi connectivity index (χ2v) is 5.70. The van der Waals surface area contributed by atoms with E-state index in [1.807, 2.05) is 0 Å². The number of rotatable bonds is 5. The van der Waals surface area contributed by atoms with Crippen molar-refractivity contribution in [3.63, 3.8) is 0 Å². The molecule has 0 aliphatic carbocycles. The van der Waals surface area contributed by atoms with E-state index in [0.29, 0.717) is 5.56 Å². The number of anilines is 1. The SMILES string of the molecule is C[C@H](N)C(=O)Cc1cccc(Cl)c1C(=O)Nc1ccc(F)c(F)c1. The maximum Gasteiger partial charge on any atom is 0.257 e. The van der Waals surface area contributed by atoms with E-state index >= 15 is 0 Å². The molecule has 3 N–H and O–H groups in total. The molecule has 2 rings (SSSR count). The molecule has 7 heteroatoms. The van der Waals surface area contributed by atoms with Gasteiger partial charge < -0.3 is 11.1 Å². The van der Waals surface area contributed by atoms with E-state index in [-0.39, 0.29) is 28.5 Å². The van der Waals surface area contributed by atoms with Crippen LogP contribution in [-0.2, 0) is 11.2 Å². The number of nitrogens with two attached hydrogens (primary N) is 1. The van der Waals surface area contributed by atoms with Gasteiger partial charge in [-0.15, -0.1) is 0 Å². The molecule has 0 aromatic heterocycles. The van der Waals surface area contributed by atoms with Crippen LogP contribution in [0.2, 0.25) is 5.02 Å². The first kappa shape index (κ1) is 18.0. The highest BCUT2D eigenvalue weighted by atomic mass is 35.5. The van der Waals surface area contributed by atoms with Gasteiger partial charge in [-0.2, -0.15) is 0 Å². The average molecular weight is 353 g/mol. The Labute approximate surface area is 142 Å². The van der Waals surface area contributed by atoms with Gasteiger partial charge in [-0.1, -0.05) is 23.7 Å². The molecule has 2 aromatic carbocycles. The predicted molar refractivity (Wildman–Crippen MR) is 88.1 cm³/mol. The molecule has 24 heavy (non-hydrogen) atoms. The minimum absolute atomic E-state index is 0.0568. The van der Waals surface area contributed by atoms with Crippen LogP contribution in [0.3, 0.4) is 0 Å². The number of hydrogen-bond acceptors (Lipinski definition) is 3. The molecule has 2 aromatic rings. The lowest BCUT2D eigenvalue weighted by Crippen LogP contribution is -2.29. The molecular formula is C17H15ClF2N2O2. The molecule has 0 radical (unpaired) electrons. The van der Waals surface area contributed by atoms with Crippen molar-refractivity contribution < 1.29 is 18.4 Å². The fraction of sp³-hybridized carbons (Fsp3) is 0.176. The maximum atomic E-state index is 13.2. The number of benzene rings is 2. The maximum absolute atomic E-state index is 13.2. The highest BCUT2D eigenvalue weighted by molar-refractivity contribution is 6.34. The Kier molecular flexibility index (Phi) is 5.64. The zero-order chi connectivity index (χ0) is 17.9. The topological polar surface area (TPSA) is 72.2 Å². The molecule has 0 bridgehead atoms. The van der Waals surface area contributed by atoms with Gasteiger partial charge >= 0.3 is 0 Å². The van der Waals surface area contributed by atoms with Gasteiger partial charge in [0.2, 0.25) is 0 Å². The lowest BCUT2D eigenvalue weighted by atomic mass is 9.99. The van der Waals surface area contributed by atoms with Gasteiger partial charge in [0.25, 0.3) is 5.91 Å². The van der Waals surface area contributed by atoms with Gasteiger partial charge in [-0.05, 0) is 30.7 Å². The number of hydrogen-bond donors (Lipinski definition) is 2. The van der Waals surface area contributed by atoms with Crippen LogP contribution in [0.25, 0.3) is 0 Å². The van der Waals surface area contributed by atoms with Gasteiger partial charge in [0.05, 0.1) is 16.6 Å². The molecule has 0 unspecified atom stereocenters. The molecule has 0 fully saturated rings. The van der Waals surface area contributed by atoms with Crippen LogP contribution < -0.4 is 11.1 Å². The van der Waals surface area contributed by atoms with Crippen molar-refractivity contribution in [2.24, 2.45) is 5.73 Å². The Morgan fingerprint density at radius 1 is 1.21 bits per heavy atom. The van der Waals surface area contributed by atoms with E-state index in [2.05, 4.69) is 5.32 Å². The summed E-state index contributed by atoms with van der Waals surface area (Å²) in [7, 11) is 0. The Balaban J connectivity index is 2.31. The summed E-state index contributed by atoms with van der Waals surface area (Å²) >= 11 is 6.07. The zero-order valence-corrected chi connectivity index (χ0v) is 13.5. The minimum atomic E-state index is -1.08. The number of ketones is 1. The summed E-state index contributed by atoms with van der Waals surface area (Å²) in [5.41, 5.74) is 6.12. The summed E-state index contributed by atoms with van der Waals surface area (Å²) in [5.74, 6) is -2.98. The zero-order valence-electron chi connectivity index (χ0n) is 12.8. The molecule has 126 valence electrons. The quantitative estimate of drug-likeness (QED) is 0.867. The molecular weight excluding hydrogens is 338 g/mol. The normalized spacial score (nSPS) is 11.9. The lowest BCUT2D eigenvalue weighted by molar-refractivity contribution is -0.119. The summed E-state index contributed by atoms with van der Waals surface area (Å²) < 4.78 is 26.2. The van der Waals surface area contributed by atoms with Crippen LogP contribution in [0.4, 0.5) is 14.5 Å². The van der Waals surface area contributed by atoms with Crippen molar-refractivity contribution in [1.82, 2.24) is 0 Å². The standard InChI is InChI=1S/C17H15ClF2N2O2/c1-9(21)15(23)7-10-3-2-4-12(18)16(10)17(24)22-11-5-6-13(19)14(20)8-11/h2-6,8-9H,7,21H2,1H3,(H,22,24)/t9-/m0/s1. The van der Waals surface area contributed by atoms with Crippen LogP contribution in [0.5, 0.6) is 0 Å². The highest BCUT2D eigenvalue weighted by Gasteiger charge is 2.19. The molecule has 0 aliphatic heterocycles. The minimum Gasteiger partial charge on any atom is -0.322 e. The van der Waals surface area contributed by atoms with E-state index in [9.17, 15) is 18.4 Å². The van der Waals surface area contributed by atoms with E-state index in [1.165, 1.54) is 12.1 Å². The molecule has 0 aliphatic rings. The van der Waals surface area contributed by atoms with Gasteiger partial charge in [0.15, 0.2) is 17.4 Å². The molecule has 0 heterocycles. The van der Waals surface area contributed by atoms with Gasteiger partial charge in [0.1, 0.15) is 0 Å². The largest absolute Gasteiger partial charge is 0.322 e. The number of nitrogens with one attached hydrogen (secondary N) is 1. The fourth-order valence-electron chi connectivity index (χ4n) is 2.09. The van der Waals surface area contributed by atoms with Crippen LogP contribution in [0.1, 0.15) is 22.8 Å². The third-order valence-corrected chi connectivity index (χ3v) is 3.69. The van der Waals surface area contributed by atoms with E-state index in [4.69, 9.17) is 17.3 Å². The molecule has 0 saturated carbocycles. The molecule has 4 nitrogen and oxygen atoms in total. The first-order valence-electron chi connectivity index (χ1n) is 7.11. The van der Waals surface area contributed by atoms with Crippen molar-refractivity contribution >= 4 is 29.0 Å². The van der Waals surface area contributed by atoms with Crippen LogP contribution in [-0.4, -0.2) is 17.7 Å². The first-order chi connectivity index (χ1) is 11.3. The smallest absolute Gasteiger partial charge is 0.257 e. The molecule has 0 saturated heterocycles. The molecule has 0 spiro atoms. The van der Waals surface area contributed by atoms with Crippen molar-refractivity contribution in [2.75, 3.05) is 5.32 Å². The number of halogens is 3. The number of carbonyl (C=O) groups is 2. The van der Waals surface area contributed by atoms with E-state index in [1.54, 1.807) is 19.1 Å². The van der Waals surface area contributed by atoms with Crippen LogP contribution in [0, 0.1) is 11.6 Å². The number of carbonyl (C=O) groups excluding carboxylic acids is 2. The second kappa shape index (κ2) is 7.51. The van der Waals surface area contributed by atoms with Gasteiger partial charge in [0, 0.05) is 18.2 Å². The third kappa shape index (κ3) is 4.15. The third-order valence-electron chi connectivity index (χ3n) is 3.38. The van der Waals surface area contributed by atoms with Crippen molar-refractivity contribution in [2.45, 2.75) is 19.4 Å². The van der Waals surface area contributed by atoms with E-state index in [0.717, 1.165) is 12.1 Å². The average Bonchev–Trinajstić information content (AvgIpc) is 2.50. The van der Waals surface area contributed by atoms with Crippen molar-refractivity contribution in [3.05, 3.63) is 64.2 Å². The first-order valence-corrected chi connectivity index (χ1v) is 7.49. The number of amides is 1. The summed E-state index contributed by atoms with van der Waals surface area (Å²) in [5, 5.41) is 2.58. The predicted octanol–water partition coefficient (Wildman–Crippen LogP) is 3.33. The van der Waals surface area contributed by atoms with Crippen molar-refractivity contribution in [1.29, 1.82) is 0 Å². The highest BCUT2D eigenvalue weighted by Crippen LogP contribution is 2.23. The summed E-state index contributed by atoms with van der Waals surface area (Å²) in [6, 6.07) is 7.01. The number of Topliss-reactive ketones (excluding diaryl/α,β-unsaturated/α-hetero) is 1. The Bertz CT molecular complexity index is 794. The van der Waals surface area contributed by atoms with Gasteiger partial charge in [-0.25, -0.2) is 8.78 Å². The lowest BCUT2D eigenvalue weighted by Gasteiger charge is -2.13. The molecule has 1 amide bonds. The summed E-state index contributed by atoms with van der Waals surface area (Å²) in [4.78, 5) is 24.3. The van der Waals surface area contributed by atoms with Gasteiger partial charge in [-0.3, -0.25) is 9.59 Å². The fourth-order valence-corrected chi connectivity index (χ4v) is 2.37. The molecule has 1 atom stereocenters. The summed E-state index contributed by atoms with van der Waals surface area (Å²) in [6.07, 6.45) is -0.0568. The van der Waals surface area contributed by atoms with Crippen molar-refractivity contribution in [3.8, 4) is 0 Å². The Morgan fingerprint density at radius 2 is 1.92 bits per heavy atom. The van der Waals surface area contributed by atoms with Crippen LogP contribution >= 0.6 is 11.6 Å². The van der Waals surface area contributed by atoms with E-state index < -0.39 is 23.6 Å². The Morgan fingerprint density at radius 3 is 2.54 bits per heavy atom. The Hall–Kier alpha value is -2.31. The monoisotopic (exact) mass is 352 g/mol. The van der Waals surface area contributed by atoms with Crippen LogP contribution in [0.15, 0.2) is 36.4 Å². The second-order valence-electron chi connectivity index (χ2n) is 5.29.